The van der Waals surface area contributed by atoms with Gasteiger partial charge >= 0.3 is 8.56 Å². The third-order valence-electron chi connectivity index (χ3n) is 4.77. The molecule has 0 N–H and O–H groups in total. The highest BCUT2D eigenvalue weighted by Gasteiger charge is 2.29. The number of hydrogen-bond donors (Lipinski definition) is 0. The zero-order valence-corrected chi connectivity index (χ0v) is 18.1. The van der Waals surface area contributed by atoms with Crippen LogP contribution in [0.15, 0.2) is 72.8 Å². The molecule has 4 aromatic rings. The van der Waals surface area contributed by atoms with E-state index in [0.717, 1.165) is 44.5 Å². The number of methoxy groups -OCH3 is 2. The maximum atomic E-state index is 6.28. The Balaban J connectivity index is 1.54. The summed E-state index contributed by atoms with van der Waals surface area (Å²) in [6, 6.07) is 24.1. The first kappa shape index (κ1) is 19.1. The van der Waals surface area contributed by atoms with Gasteiger partial charge in [-0.25, -0.2) is 0 Å². The molecular formula is C24H24O4Si. The highest BCUT2D eigenvalue weighted by Crippen LogP contribution is 2.29. The first-order valence-electron chi connectivity index (χ1n) is 9.49. The van der Waals surface area contributed by atoms with Crippen molar-refractivity contribution in [2.75, 3.05) is 14.2 Å². The van der Waals surface area contributed by atoms with E-state index in [9.17, 15) is 0 Å². The molecule has 0 aliphatic heterocycles. The largest absolute Gasteiger partial charge is 0.512 e. The zero-order chi connectivity index (χ0) is 20.4. The van der Waals surface area contributed by atoms with Gasteiger partial charge in [-0.2, -0.15) is 0 Å². The lowest BCUT2D eigenvalue weighted by molar-refractivity contribution is 0.400. The molecule has 148 valence electrons. The normalized spacial score (nSPS) is 11.4. The minimum atomic E-state index is -2.44. The van der Waals surface area contributed by atoms with Crippen LogP contribution in [-0.4, -0.2) is 22.8 Å². The molecule has 5 heteroatoms. The molecule has 0 atom stereocenters. The summed E-state index contributed by atoms with van der Waals surface area (Å²) in [6.07, 6.45) is 0. The van der Waals surface area contributed by atoms with Gasteiger partial charge in [-0.05, 0) is 70.1 Å². The molecule has 0 aromatic heterocycles. The van der Waals surface area contributed by atoms with Crippen LogP contribution in [0.1, 0.15) is 0 Å². The van der Waals surface area contributed by atoms with Gasteiger partial charge in [0.25, 0.3) is 0 Å². The topological polar surface area (TPSA) is 36.9 Å². The Kier molecular flexibility index (Phi) is 5.07. The van der Waals surface area contributed by atoms with Gasteiger partial charge < -0.3 is 18.3 Å². The van der Waals surface area contributed by atoms with Crippen molar-refractivity contribution in [2.24, 2.45) is 0 Å². The van der Waals surface area contributed by atoms with Crippen molar-refractivity contribution in [1.29, 1.82) is 0 Å². The van der Waals surface area contributed by atoms with E-state index in [2.05, 4.69) is 0 Å². The minimum Gasteiger partial charge on any atom is -0.512 e. The molecular weight excluding hydrogens is 380 g/mol. The van der Waals surface area contributed by atoms with E-state index in [0.29, 0.717) is 0 Å². The second-order valence-corrected chi connectivity index (χ2v) is 10.6. The summed E-state index contributed by atoms with van der Waals surface area (Å²) in [5.74, 6) is 3.31. The average Bonchev–Trinajstić information content (AvgIpc) is 2.72. The van der Waals surface area contributed by atoms with Crippen LogP contribution in [0.4, 0.5) is 0 Å². The molecule has 0 saturated carbocycles. The van der Waals surface area contributed by atoms with Gasteiger partial charge in [0.1, 0.15) is 23.0 Å². The van der Waals surface area contributed by atoms with Gasteiger partial charge in [0.05, 0.1) is 14.2 Å². The molecule has 0 unspecified atom stereocenters. The van der Waals surface area contributed by atoms with Crippen LogP contribution in [0.5, 0.6) is 23.0 Å². The first-order valence-corrected chi connectivity index (χ1v) is 12.3. The van der Waals surface area contributed by atoms with Crippen LogP contribution in [0, 0.1) is 0 Å². The summed E-state index contributed by atoms with van der Waals surface area (Å²) in [7, 11) is 0.903. The molecule has 0 aliphatic carbocycles. The Morgan fingerprint density at radius 1 is 0.483 bits per heavy atom. The molecule has 0 amide bonds. The van der Waals surface area contributed by atoms with Crippen molar-refractivity contribution in [1.82, 2.24) is 0 Å². The Morgan fingerprint density at radius 2 is 0.793 bits per heavy atom. The van der Waals surface area contributed by atoms with Crippen LogP contribution >= 0.6 is 0 Å². The molecule has 0 aliphatic rings. The van der Waals surface area contributed by atoms with Crippen molar-refractivity contribution in [3.63, 3.8) is 0 Å². The molecule has 0 spiro atoms. The lowest BCUT2D eigenvalue weighted by atomic mass is 10.1. The minimum absolute atomic E-state index is 0.810. The van der Waals surface area contributed by atoms with E-state index in [1.165, 1.54) is 0 Å². The van der Waals surface area contributed by atoms with E-state index in [1.807, 2.05) is 85.9 Å². The molecule has 29 heavy (non-hydrogen) atoms. The number of ether oxygens (including phenoxy) is 2. The molecule has 0 saturated heterocycles. The van der Waals surface area contributed by atoms with Gasteiger partial charge in [-0.1, -0.05) is 24.3 Å². The van der Waals surface area contributed by atoms with Crippen molar-refractivity contribution in [3.8, 4) is 23.0 Å². The van der Waals surface area contributed by atoms with Crippen molar-refractivity contribution >= 4 is 30.1 Å². The number of fused-ring (bicyclic) bond motifs is 2. The molecule has 4 rings (SSSR count). The van der Waals surface area contributed by atoms with Crippen LogP contribution in [-0.2, 0) is 0 Å². The van der Waals surface area contributed by atoms with Gasteiger partial charge in [0.2, 0.25) is 0 Å². The zero-order valence-electron chi connectivity index (χ0n) is 17.1. The smallest absolute Gasteiger partial charge is 0.454 e. The highest BCUT2D eigenvalue weighted by molar-refractivity contribution is 6.66. The maximum Gasteiger partial charge on any atom is 0.454 e. The van der Waals surface area contributed by atoms with E-state index in [1.54, 1.807) is 14.2 Å². The van der Waals surface area contributed by atoms with Crippen molar-refractivity contribution in [2.45, 2.75) is 13.1 Å². The standard InChI is InChI=1S/C24H24O4Si/c1-25-21-9-5-19-15-23(11-7-17(19)13-21)27-29(3,4)28-24-12-8-18-14-22(26-2)10-6-20(18)16-24/h5-16H,1-4H3. The van der Waals surface area contributed by atoms with Crippen molar-refractivity contribution in [3.05, 3.63) is 72.8 Å². The summed E-state index contributed by atoms with van der Waals surface area (Å²) >= 11 is 0. The fourth-order valence-electron chi connectivity index (χ4n) is 3.37. The molecule has 0 bridgehead atoms. The summed E-state index contributed by atoms with van der Waals surface area (Å²) in [5, 5.41) is 4.43. The lowest BCUT2D eigenvalue weighted by Crippen LogP contribution is -2.41. The second kappa shape index (κ2) is 7.68. The fraction of sp³-hybridized carbons (Fsp3) is 0.167. The fourth-order valence-corrected chi connectivity index (χ4v) is 4.80. The van der Waals surface area contributed by atoms with Gasteiger partial charge in [0.15, 0.2) is 0 Å². The summed E-state index contributed by atoms with van der Waals surface area (Å²) < 4.78 is 23.2. The maximum absolute atomic E-state index is 6.28. The molecule has 0 fully saturated rings. The van der Waals surface area contributed by atoms with Crippen LogP contribution in [0.25, 0.3) is 21.5 Å². The molecule has 4 aromatic carbocycles. The third kappa shape index (κ3) is 4.30. The number of benzene rings is 4. The van der Waals surface area contributed by atoms with Crippen molar-refractivity contribution < 1.29 is 18.3 Å². The SMILES string of the molecule is COc1ccc2cc(O[Si](C)(C)Oc3ccc4cc(OC)ccc4c3)ccc2c1. The predicted molar refractivity (Wildman–Crippen MR) is 120 cm³/mol. The van der Waals surface area contributed by atoms with E-state index >= 15 is 0 Å². The van der Waals surface area contributed by atoms with Gasteiger partial charge in [-0.3, -0.25) is 0 Å². The van der Waals surface area contributed by atoms with Crippen LogP contribution < -0.4 is 18.3 Å². The lowest BCUT2D eigenvalue weighted by Gasteiger charge is -2.25. The number of hydrogen-bond acceptors (Lipinski definition) is 4. The summed E-state index contributed by atoms with van der Waals surface area (Å²) in [4.78, 5) is 0. The molecule has 0 radical (unpaired) electrons. The van der Waals surface area contributed by atoms with Crippen LogP contribution in [0.2, 0.25) is 13.1 Å². The van der Waals surface area contributed by atoms with Crippen LogP contribution in [0.3, 0.4) is 0 Å². The average molecular weight is 405 g/mol. The molecule has 0 heterocycles. The third-order valence-corrected chi connectivity index (χ3v) is 6.22. The second-order valence-electron chi connectivity index (χ2n) is 7.35. The Bertz CT molecular complexity index is 1080. The Hall–Kier alpha value is -3.18. The van der Waals surface area contributed by atoms with Gasteiger partial charge in [0, 0.05) is 13.1 Å². The first-order chi connectivity index (χ1) is 14.0. The summed E-state index contributed by atoms with van der Waals surface area (Å²) in [6.45, 7) is 4.09. The van der Waals surface area contributed by atoms with Gasteiger partial charge in [-0.15, -0.1) is 0 Å². The quantitative estimate of drug-likeness (QED) is 0.360. The highest BCUT2D eigenvalue weighted by atomic mass is 28.4. The Morgan fingerprint density at radius 3 is 1.14 bits per heavy atom. The number of rotatable bonds is 6. The van der Waals surface area contributed by atoms with E-state index < -0.39 is 8.56 Å². The molecule has 4 nitrogen and oxygen atoms in total. The predicted octanol–water partition coefficient (Wildman–Crippen LogP) is 6.17. The van der Waals surface area contributed by atoms with E-state index in [4.69, 9.17) is 18.3 Å². The summed E-state index contributed by atoms with van der Waals surface area (Å²) in [5.41, 5.74) is 0. The van der Waals surface area contributed by atoms with E-state index in [-0.39, 0.29) is 0 Å². The monoisotopic (exact) mass is 404 g/mol. The Labute approximate surface area is 171 Å².